The van der Waals surface area contributed by atoms with Crippen molar-refractivity contribution in [2.45, 2.75) is 117 Å². The van der Waals surface area contributed by atoms with Crippen LogP contribution in [0.2, 0.25) is 0 Å². The average Bonchev–Trinajstić information content (AvgIpc) is 3.26. The van der Waals surface area contributed by atoms with Gasteiger partial charge in [0.05, 0.1) is 48.7 Å². The highest BCUT2D eigenvalue weighted by Crippen LogP contribution is 2.27. The summed E-state index contributed by atoms with van der Waals surface area (Å²) in [6.07, 6.45) is -2.00. The number of phenols is 1. The van der Waals surface area contributed by atoms with E-state index >= 15 is 0 Å². The van der Waals surface area contributed by atoms with Gasteiger partial charge in [0.1, 0.15) is 35.4 Å². The molecule has 0 saturated carbocycles. The molecule has 68 heavy (non-hydrogen) atoms. The summed E-state index contributed by atoms with van der Waals surface area (Å²) < 4.78 is 54.3. The van der Waals surface area contributed by atoms with Gasteiger partial charge in [-0.1, -0.05) is 111 Å². The average molecular weight is 1100 g/mol. The van der Waals surface area contributed by atoms with Gasteiger partial charge in [-0.05, 0) is 86.2 Å². The molecule has 0 aliphatic rings. The summed E-state index contributed by atoms with van der Waals surface area (Å²) in [6.45, 7) is 16.3. The number of carbonyl (C=O) groups is 5. The van der Waals surface area contributed by atoms with Gasteiger partial charge in [0.2, 0.25) is 11.8 Å². The smallest absolute Gasteiger partial charge is 0.407 e. The molecule has 0 heterocycles. The standard InChI is InChI=1S/C49H68IN3O13S2/c1-47(2,3)29-64-41(55)26-39(45(58)65-30-48(4,5)6)52-43(56)38(25-34-18-21-40(54)36(50)24-34)51-44(57)42(67-28-33-16-19-35(62-10)20-17-33)37(22-23-68(60,61)66-31-49(7,8)9)53-46(59)63-27-32-14-12-11-13-15-32/h11-21,24,37-39,42,54H,22-23,25-31H2,1-10H3,(H,51,57)(H,52,56)(H,53,59)/t37-,38+,39+,42?/m1/s1. The molecule has 19 heteroatoms. The number of aromatic hydroxyl groups is 1. The summed E-state index contributed by atoms with van der Waals surface area (Å²) in [5.74, 6) is -3.16. The zero-order chi connectivity index (χ0) is 50.9. The third-order valence-corrected chi connectivity index (χ3v) is 12.9. The van der Waals surface area contributed by atoms with E-state index in [1.54, 1.807) is 60.7 Å². The number of methoxy groups -OCH3 is 1. The molecule has 0 radical (unpaired) electrons. The highest BCUT2D eigenvalue weighted by molar-refractivity contribution is 14.1. The molecule has 3 aromatic carbocycles. The Bertz CT molecular complexity index is 2240. The minimum atomic E-state index is -4.19. The summed E-state index contributed by atoms with van der Waals surface area (Å²) in [6, 6.07) is 16.3. The van der Waals surface area contributed by atoms with E-state index in [9.17, 15) is 37.5 Å². The number of esters is 2. The summed E-state index contributed by atoms with van der Waals surface area (Å²) >= 11 is 3.00. The van der Waals surface area contributed by atoms with Crippen LogP contribution in [0.4, 0.5) is 4.79 Å². The van der Waals surface area contributed by atoms with Crippen LogP contribution < -0.4 is 20.7 Å². The van der Waals surface area contributed by atoms with Crippen molar-refractivity contribution < 1.29 is 60.6 Å². The van der Waals surface area contributed by atoms with Crippen molar-refractivity contribution in [1.29, 1.82) is 0 Å². The summed E-state index contributed by atoms with van der Waals surface area (Å²) in [5, 5.41) is 17.2. The molecule has 3 amide bonds. The van der Waals surface area contributed by atoms with Crippen molar-refractivity contribution in [3.63, 3.8) is 0 Å². The SMILES string of the molecule is COc1ccc(CSC(C(=O)N[C@@H](Cc2ccc(O)c(I)c2)C(=O)N[C@@H](CC(=O)OCC(C)(C)C)C(=O)OCC(C)(C)C)[C@@H](CCS(=O)(=O)OCC(C)(C)C)NC(=O)OCc2ccccc2)cc1. The molecule has 3 rings (SSSR count). The van der Waals surface area contributed by atoms with Gasteiger partial charge in [0.25, 0.3) is 10.1 Å². The molecular weight excluding hydrogens is 1030 g/mol. The molecule has 1 unspecified atom stereocenters. The van der Waals surface area contributed by atoms with Gasteiger partial charge in [0, 0.05) is 12.2 Å². The summed E-state index contributed by atoms with van der Waals surface area (Å²) in [4.78, 5) is 69.8. The van der Waals surface area contributed by atoms with Crippen LogP contribution in [0.5, 0.6) is 11.5 Å². The van der Waals surface area contributed by atoms with Gasteiger partial charge < -0.3 is 40.0 Å². The molecule has 0 spiro atoms. The van der Waals surface area contributed by atoms with E-state index in [4.69, 9.17) is 23.1 Å². The Morgan fingerprint density at radius 1 is 0.706 bits per heavy atom. The lowest BCUT2D eigenvalue weighted by Crippen LogP contribution is -2.57. The lowest BCUT2D eigenvalue weighted by molar-refractivity contribution is -0.156. The molecule has 0 aliphatic heterocycles. The number of alkyl carbamates (subject to hydrolysis) is 1. The second-order valence-corrected chi connectivity index (χ2v) is 24.0. The van der Waals surface area contributed by atoms with Crippen LogP contribution in [0.25, 0.3) is 0 Å². The maximum absolute atomic E-state index is 15.0. The first-order chi connectivity index (χ1) is 31.6. The largest absolute Gasteiger partial charge is 0.507 e. The van der Waals surface area contributed by atoms with Gasteiger partial charge >= 0.3 is 18.0 Å². The Hall–Kier alpha value is -4.60. The molecular formula is C49H68IN3O13S2. The van der Waals surface area contributed by atoms with Crippen molar-refractivity contribution in [1.82, 2.24) is 16.0 Å². The number of rotatable bonds is 24. The quantitative estimate of drug-likeness (QED) is 0.0296. The van der Waals surface area contributed by atoms with Gasteiger partial charge in [-0.15, -0.1) is 11.8 Å². The second kappa shape index (κ2) is 26.4. The summed E-state index contributed by atoms with van der Waals surface area (Å²) in [5.41, 5.74) is 0.591. The number of phenolic OH excluding ortho intramolecular Hbond substituents is 1. The van der Waals surface area contributed by atoms with Crippen LogP contribution >= 0.6 is 34.4 Å². The third kappa shape index (κ3) is 22.7. The van der Waals surface area contributed by atoms with Crippen LogP contribution in [0, 0.1) is 19.8 Å². The molecule has 3 aromatic rings. The first-order valence-corrected chi connectivity index (χ1v) is 25.8. The molecule has 0 aliphatic carbocycles. The normalized spacial score (nSPS) is 13.8. The van der Waals surface area contributed by atoms with E-state index in [0.29, 0.717) is 20.4 Å². The Kier molecular flexibility index (Phi) is 22.4. The van der Waals surface area contributed by atoms with Crippen molar-refractivity contribution in [2.75, 3.05) is 32.7 Å². The number of hydrogen-bond acceptors (Lipinski definition) is 14. The van der Waals surface area contributed by atoms with Crippen LogP contribution in [-0.4, -0.2) is 99.4 Å². The lowest BCUT2D eigenvalue weighted by Gasteiger charge is -2.29. The van der Waals surface area contributed by atoms with E-state index in [1.165, 1.54) is 13.2 Å². The number of hydrogen-bond donors (Lipinski definition) is 4. The van der Waals surface area contributed by atoms with E-state index in [0.717, 1.165) is 17.3 Å². The zero-order valence-corrected chi connectivity index (χ0v) is 44.4. The summed E-state index contributed by atoms with van der Waals surface area (Å²) in [7, 11) is -2.67. The molecule has 0 fully saturated rings. The Labute approximate surface area is 419 Å². The predicted molar refractivity (Wildman–Crippen MR) is 269 cm³/mol. The number of thioether (sulfide) groups is 1. The number of benzene rings is 3. The predicted octanol–water partition coefficient (Wildman–Crippen LogP) is 7.47. The van der Waals surface area contributed by atoms with Crippen molar-refractivity contribution >= 4 is 74.3 Å². The molecule has 0 bridgehead atoms. The van der Waals surface area contributed by atoms with E-state index in [1.807, 2.05) is 91.0 Å². The minimum Gasteiger partial charge on any atom is -0.507 e. The Morgan fingerprint density at radius 2 is 1.29 bits per heavy atom. The van der Waals surface area contributed by atoms with Crippen molar-refractivity contribution in [3.8, 4) is 11.5 Å². The van der Waals surface area contributed by atoms with E-state index in [2.05, 4.69) is 16.0 Å². The van der Waals surface area contributed by atoms with Gasteiger partial charge in [-0.3, -0.25) is 18.6 Å². The lowest BCUT2D eigenvalue weighted by atomic mass is 9.98. The van der Waals surface area contributed by atoms with Crippen molar-refractivity contribution in [2.24, 2.45) is 16.2 Å². The molecule has 0 saturated heterocycles. The molecule has 0 aromatic heterocycles. The van der Waals surface area contributed by atoms with Gasteiger partial charge in [0.15, 0.2) is 0 Å². The number of nitrogens with one attached hydrogen (secondary N) is 3. The van der Waals surface area contributed by atoms with Gasteiger partial charge in [-0.2, -0.15) is 8.42 Å². The number of halogens is 1. The minimum absolute atomic E-state index is 0.0145. The first kappa shape index (κ1) is 57.7. The van der Waals surface area contributed by atoms with Crippen LogP contribution in [0.15, 0.2) is 72.8 Å². The highest BCUT2D eigenvalue weighted by atomic mass is 127. The van der Waals surface area contributed by atoms with Crippen LogP contribution in [-0.2, 0) is 66.5 Å². The molecule has 16 nitrogen and oxygen atoms in total. The number of amides is 3. The number of ether oxygens (including phenoxy) is 4. The fourth-order valence-corrected chi connectivity index (χ4v) is 8.84. The first-order valence-electron chi connectivity index (χ1n) is 22.1. The topological polar surface area (TPSA) is 222 Å². The van der Waals surface area contributed by atoms with Crippen LogP contribution in [0.1, 0.15) is 91.8 Å². The molecule has 376 valence electrons. The Morgan fingerprint density at radius 3 is 1.88 bits per heavy atom. The van der Waals surface area contributed by atoms with Crippen LogP contribution in [0.3, 0.4) is 0 Å². The maximum atomic E-state index is 15.0. The highest BCUT2D eigenvalue weighted by Gasteiger charge is 2.37. The molecule has 4 N–H and O–H groups in total. The Balaban J connectivity index is 2.10. The second-order valence-electron chi connectivity index (χ2n) is 20.0. The van der Waals surface area contributed by atoms with Crippen molar-refractivity contribution in [3.05, 3.63) is 93.1 Å². The zero-order valence-electron chi connectivity index (χ0n) is 40.6. The fraction of sp³-hybridized carbons (Fsp3) is 0.531. The maximum Gasteiger partial charge on any atom is 0.407 e. The molecule has 4 atom stereocenters. The number of carbonyl (C=O) groups excluding carboxylic acids is 5. The van der Waals surface area contributed by atoms with E-state index < -0.39 is 91.8 Å². The monoisotopic (exact) mass is 1100 g/mol. The third-order valence-electron chi connectivity index (χ3n) is 9.45. The van der Waals surface area contributed by atoms with Gasteiger partial charge in [-0.25, -0.2) is 9.59 Å². The van der Waals surface area contributed by atoms with E-state index in [-0.39, 0.29) is 50.8 Å². The fourth-order valence-electron chi connectivity index (χ4n) is 5.85.